The lowest BCUT2D eigenvalue weighted by molar-refractivity contribution is 0.245. The van der Waals surface area contributed by atoms with E-state index in [4.69, 9.17) is 10.3 Å². The SMILES string of the molecule is CC1(c2noc(CN)n2)CCC1. The van der Waals surface area contributed by atoms with Gasteiger partial charge in [0.15, 0.2) is 5.82 Å². The van der Waals surface area contributed by atoms with Gasteiger partial charge in [-0.2, -0.15) is 4.98 Å². The summed E-state index contributed by atoms with van der Waals surface area (Å²) in [6, 6.07) is 0. The predicted molar refractivity (Wildman–Crippen MR) is 43.4 cm³/mol. The van der Waals surface area contributed by atoms with Crippen molar-refractivity contribution in [1.29, 1.82) is 0 Å². The lowest BCUT2D eigenvalue weighted by Crippen LogP contribution is -2.31. The molecule has 66 valence electrons. The molecule has 2 rings (SSSR count). The fourth-order valence-electron chi connectivity index (χ4n) is 1.51. The maximum Gasteiger partial charge on any atom is 0.240 e. The normalized spacial score (nSPS) is 20.5. The number of nitrogens with two attached hydrogens (primary N) is 1. The fourth-order valence-corrected chi connectivity index (χ4v) is 1.51. The van der Waals surface area contributed by atoms with E-state index in [-0.39, 0.29) is 5.41 Å². The summed E-state index contributed by atoms with van der Waals surface area (Å²) >= 11 is 0. The van der Waals surface area contributed by atoms with Gasteiger partial charge < -0.3 is 10.3 Å². The third-order valence-corrected chi connectivity index (χ3v) is 2.64. The lowest BCUT2D eigenvalue weighted by atomic mass is 9.70. The molecule has 4 nitrogen and oxygen atoms in total. The van der Waals surface area contributed by atoms with E-state index >= 15 is 0 Å². The van der Waals surface area contributed by atoms with Crippen molar-refractivity contribution in [2.24, 2.45) is 5.73 Å². The van der Waals surface area contributed by atoms with Crippen LogP contribution in [0.5, 0.6) is 0 Å². The van der Waals surface area contributed by atoms with E-state index in [1.54, 1.807) is 0 Å². The predicted octanol–water partition coefficient (Wildman–Crippen LogP) is 0.970. The summed E-state index contributed by atoms with van der Waals surface area (Å²) < 4.78 is 4.95. The Morgan fingerprint density at radius 3 is 2.75 bits per heavy atom. The average molecular weight is 167 g/mol. The molecule has 1 heterocycles. The first-order chi connectivity index (χ1) is 5.74. The van der Waals surface area contributed by atoms with Crippen molar-refractivity contribution in [2.45, 2.75) is 38.1 Å². The maximum atomic E-state index is 5.37. The Bertz CT molecular complexity index is 278. The first kappa shape index (κ1) is 7.73. The van der Waals surface area contributed by atoms with Crippen LogP contribution in [0.2, 0.25) is 0 Å². The van der Waals surface area contributed by atoms with Gasteiger partial charge in [-0.3, -0.25) is 0 Å². The molecular formula is C8H13N3O. The molecule has 0 bridgehead atoms. The summed E-state index contributed by atoms with van der Waals surface area (Å²) in [7, 11) is 0. The average Bonchev–Trinajstić information content (AvgIpc) is 2.48. The highest BCUT2D eigenvalue weighted by Gasteiger charge is 2.37. The molecule has 1 aliphatic rings. The second-order valence-corrected chi connectivity index (χ2v) is 3.63. The van der Waals surface area contributed by atoms with E-state index in [1.165, 1.54) is 6.42 Å². The topological polar surface area (TPSA) is 64.9 Å². The van der Waals surface area contributed by atoms with E-state index in [0.717, 1.165) is 18.7 Å². The van der Waals surface area contributed by atoms with Crippen LogP contribution < -0.4 is 5.73 Å². The minimum absolute atomic E-state index is 0.164. The van der Waals surface area contributed by atoms with Gasteiger partial charge in [-0.05, 0) is 12.8 Å². The quantitative estimate of drug-likeness (QED) is 0.712. The highest BCUT2D eigenvalue weighted by molar-refractivity contribution is 5.09. The number of aromatic nitrogens is 2. The first-order valence-electron chi connectivity index (χ1n) is 4.28. The van der Waals surface area contributed by atoms with Crippen LogP contribution in [0.3, 0.4) is 0 Å². The molecule has 12 heavy (non-hydrogen) atoms. The van der Waals surface area contributed by atoms with Crippen molar-refractivity contribution in [3.05, 3.63) is 11.7 Å². The van der Waals surface area contributed by atoms with Crippen molar-refractivity contribution in [3.63, 3.8) is 0 Å². The zero-order valence-corrected chi connectivity index (χ0v) is 7.21. The summed E-state index contributed by atoms with van der Waals surface area (Å²) in [5.41, 5.74) is 5.53. The molecule has 0 unspecified atom stereocenters. The molecular weight excluding hydrogens is 154 g/mol. The Hall–Kier alpha value is -0.900. The molecule has 0 aromatic carbocycles. The Balaban J connectivity index is 2.22. The smallest absolute Gasteiger partial charge is 0.240 e. The van der Waals surface area contributed by atoms with Crippen molar-refractivity contribution in [2.75, 3.05) is 0 Å². The van der Waals surface area contributed by atoms with Crippen molar-refractivity contribution < 1.29 is 4.52 Å². The van der Waals surface area contributed by atoms with E-state index < -0.39 is 0 Å². The van der Waals surface area contributed by atoms with Gasteiger partial charge in [0.05, 0.1) is 6.54 Å². The van der Waals surface area contributed by atoms with Gasteiger partial charge in [-0.25, -0.2) is 0 Å². The number of hydrogen-bond acceptors (Lipinski definition) is 4. The van der Waals surface area contributed by atoms with Gasteiger partial charge in [-0.1, -0.05) is 18.5 Å². The minimum Gasteiger partial charge on any atom is -0.338 e. The van der Waals surface area contributed by atoms with E-state index in [0.29, 0.717) is 12.4 Å². The van der Waals surface area contributed by atoms with Crippen LogP contribution in [0.4, 0.5) is 0 Å². The molecule has 0 amide bonds. The zero-order chi connectivity index (χ0) is 8.60. The van der Waals surface area contributed by atoms with Crippen LogP contribution in [0.1, 0.15) is 37.9 Å². The number of rotatable bonds is 2. The van der Waals surface area contributed by atoms with Crippen LogP contribution in [0, 0.1) is 0 Å². The standard InChI is InChI=1S/C8H13N3O/c1-8(3-2-4-8)7-10-6(5-9)12-11-7/h2-5,9H2,1H3. The third kappa shape index (κ3) is 1.03. The Labute approximate surface area is 71.1 Å². The van der Waals surface area contributed by atoms with Crippen LogP contribution in [-0.2, 0) is 12.0 Å². The van der Waals surface area contributed by atoms with Crippen LogP contribution in [0.25, 0.3) is 0 Å². The molecule has 0 radical (unpaired) electrons. The van der Waals surface area contributed by atoms with Crippen molar-refractivity contribution >= 4 is 0 Å². The second kappa shape index (κ2) is 2.55. The minimum atomic E-state index is 0.164. The molecule has 0 saturated heterocycles. The Kier molecular flexibility index (Phi) is 1.65. The lowest BCUT2D eigenvalue weighted by Gasteiger charge is -2.34. The monoisotopic (exact) mass is 167 g/mol. The van der Waals surface area contributed by atoms with Gasteiger partial charge in [0, 0.05) is 5.41 Å². The highest BCUT2D eigenvalue weighted by atomic mass is 16.5. The number of hydrogen-bond donors (Lipinski definition) is 1. The molecule has 0 aliphatic heterocycles. The summed E-state index contributed by atoms with van der Waals surface area (Å²) in [5.74, 6) is 1.37. The third-order valence-electron chi connectivity index (χ3n) is 2.64. The maximum absolute atomic E-state index is 5.37. The number of nitrogens with zero attached hydrogens (tertiary/aromatic N) is 2. The summed E-state index contributed by atoms with van der Waals surface area (Å²) in [5, 5.41) is 3.91. The van der Waals surface area contributed by atoms with Gasteiger partial charge >= 0.3 is 0 Å². The summed E-state index contributed by atoms with van der Waals surface area (Å²) in [6.07, 6.45) is 3.59. The summed E-state index contributed by atoms with van der Waals surface area (Å²) in [4.78, 5) is 4.22. The zero-order valence-electron chi connectivity index (χ0n) is 7.21. The van der Waals surface area contributed by atoms with Gasteiger partial charge in [0.1, 0.15) is 0 Å². The largest absolute Gasteiger partial charge is 0.338 e. The molecule has 1 aromatic heterocycles. The Morgan fingerprint density at radius 2 is 2.33 bits per heavy atom. The second-order valence-electron chi connectivity index (χ2n) is 3.63. The Morgan fingerprint density at radius 1 is 1.58 bits per heavy atom. The van der Waals surface area contributed by atoms with Crippen LogP contribution in [-0.4, -0.2) is 10.1 Å². The van der Waals surface area contributed by atoms with E-state index in [9.17, 15) is 0 Å². The van der Waals surface area contributed by atoms with Crippen LogP contribution in [0.15, 0.2) is 4.52 Å². The van der Waals surface area contributed by atoms with Gasteiger partial charge in [-0.15, -0.1) is 0 Å². The molecule has 4 heteroatoms. The van der Waals surface area contributed by atoms with Gasteiger partial charge in [0.25, 0.3) is 0 Å². The van der Waals surface area contributed by atoms with Crippen molar-refractivity contribution in [1.82, 2.24) is 10.1 Å². The van der Waals surface area contributed by atoms with E-state index in [2.05, 4.69) is 17.1 Å². The molecule has 1 fully saturated rings. The van der Waals surface area contributed by atoms with E-state index in [1.807, 2.05) is 0 Å². The molecule has 2 N–H and O–H groups in total. The first-order valence-corrected chi connectivity index (χ1v) is 4.28. The van der Waals surface area contributed by atoms with Crippen LogP contribution >= 0.6 is 0 Å². The molecule has 0 spiro atoms. The molecule has 1 aromatic rings. The molecule has 1 saturated carbocycles. The molecule has 0 atom stereocenters. The van der Waals surface area contributed by atoms with Crippen molar-refractivity contribution in [3.8, 4) is 0 Å². The van der Waals surface area contributed by atoms with Gasteiger partial charge in [0.2, 0.25) is 5.89 Å². The highest BCUT2D eigenvalue weighted by Crippen LogP contribution is 2.41. The summed E-state index contributed by atoms with van der Waals surface area (Å²) in [6.45, 7) is 2.50. The fraction of sp³-hybridized carbons (Fsp3) is 0.750. The molecule has 1 aliphatic carbocycles.